The van der Waals surface area contributed by atoms with Crippen LogP contribution >= 0.6 is 0 Å². The zero-order chi connectivity index (χ0) is 8.81. The molecule has 4 heteroatoms. The van der Waals surface area contributed by atoms with E-state index in [2.05, 4.69) is 11.6 Å². The van der Waals surface area contributed by atoms with Crippen LogP contribution in [0.3, 0.4) is 0 Å². The van der Waals surface area contributed by atoms with Gasteiger partial charge in [0.15, 0.2) is 0 Å². The van der Waals surface area contributed by atoms with Crippen LogP contribution in [-0.2, 0) is 9.63 Å². The summed E-state index contributed by atoms with van der Waals surface area (Å²) in [5.74, 6) is -0.456. The van der Waals surface area contributed by atoms with Gasteiger partial charge in [0.05, 0.1) is 6.04 Å². The van der Waals surface area contributed by atoms with Gasteiger partial charge in [-0.05, 0) is 19.3 Å². The van der Waals surface area contributed by atoms with Gasteiger partial charge < -0.3 is 5.73 Å². The monoisotopic (exact) mass is 170 g/mol. The Labute approximate surface area is 71.7 Å². The molecule has 0 saturated carbocycles. The van der Waals surface area contributed by atoms with Gasteiger partial charge in [0.1, 0.15) is 6.61 Å². The highest BCUT2D eigenvalue weighted by Crippen LogP contribution is 2.09. The first-order valence-corrected chi connectivity index (χ1v) is 4.11. The average molecular weight is 170 g/mol. The smallest absolute Gasteiger partial charge is 0.245 e. The van der Waals surface area contributed by atoms with Gasteiger partial charge in [-0.1, -0.05) is 12.2 Å². The Kier molecular flexibility index (Phi) is 3.76. The lowest BCUT2D eigenvalue weighted by molar-refractivity contribution is -0.125. The van der Waals surface area contributed by atoms with E-state index in [0.717, 1.165) is 19.3 Å². The minimum Gasteiger partial charge on any atom is -0.368 e. The molecule has 4 nitrogen and oxygen atoms in total. The largest absolute Gasteiger partial charge is 0.368 e. The Balaban J connectivity index is 2.09. The second kappa shape index (κ2) is 4.90. The minimum atomic E-state index is -0.456. The molecule has 1 amide bonds. The summed E-state index contributed by atoms with van der Waals surface area (Å²) >= 11 is 0. The van der Waals surface area contributed by atoms with Gasteiger partial charge in [0.2, 0.25) is 5.91 Å². The Morgan fingerprint density at radius 3 is 3.17 bits per heavy atom. The van der Waals surface area contributed by atoms with Gasteiger partial charge in [-0.15, -0.1) is 0 Å². The number of nitrogens with one attached hydrogen (secondary N) is 1. The summed E-state index contributed by atoms with van der Waals surface area (Å²) in [4.78, 5) is 15.1. The van der Waals surface area contributed by atoms with Crippen LogP contribution in [0.1, 0.15) is 19.3 Å². The third-order valence-corrected chi connectivity index (χ3v) is 1.70. The molecule has 1 aliphatic rings. The number of nitrogens with two attached hydrogens (primary N) is 1. The molecule has 1 unspecified atom stereocenters. The van der Waals surface area contributed by atoms with Crippen LogP contribution < -0.4 is 11.2 Å². The molecule has 1 atom stereocenters. The van der Waals surface area contributed by atoms with Crippen molar-refractivity contribution in [3.63, 3.8) is 0 Å². The van der Waals surface area contributed by atoms with E-state index < -0.39 is 5.91 Å². The van der Waals surface area contributed by atoms with Crippen LogP contribution in [0.15, 0.2) is 12.2 Å². The van der Waals surface area contributed by atoms with Gasteiger partial charge in [0, 0.05) is 0 Å². The molecule has 0 spiro atoms. The molecule has 12 heavy (non-hydrogen) atoms. The van der Waals surface area contributed by atoms with Crippen molar-refractivity contribution < 1.29 is 9.63 Å². The minimum absolute atomic E-state index is 0.0651. The third-order valence-electron chi connectivity index (χ3n) is 1.70. The van der Waals surface area contributed by atoms with E-state index in [-0.39, 0.29) is 12.6 Å². The molecule has 1 rings (SSSR count). The van der Waals surface area contributed by atoms with Gasteiger partial charge in [-0.2, -0.15) is 5.48 Å². The molecule has 0 saturated heterocycles. The molecule has 0 aromatic heterocycles. The van der Waals surface area contributed by atoms with Crippen molar-refractivity contribution in [3.05, 3.63) is 12.2 Å². The standard InChI is InChI=1S/C8H14N2O2/c9-8(11)6-12-10-7-4-2-1-3-5-7/h2,4,7,10H,1,3,5-6H2,(H2,9,11). The Hall–Kier alpha value is -0.870. The number of hydroxylamine groups is 1. The molecule has 1 aliphatic carbocycles. The highest BCUT2D eigenvalue weighted by molar-refractivity contribution is 5.74. The predicted molar refractivity (Wildman–Crippen MR) is 45.1 cm³/mol. The summed E-state index contributed by atoms with van der Waals surface area (Å²) in [6.45, 7) is -0.0651. The van der Waals surface area contributed by atoms with E-state index in [4.69, 9.17) is 10.6 Å². The fourth-order valence-corrected chi connectivity index (χ4v) is 1.13. The predicted octanol–water partition coefficient (Wildman–Crippen LogP) is 0.102. The van der Waals surface area contributed by atoms with Gasteiger partial charge >= 0.3 is 0 Å². The molecule has 0 fully saturated rings. The molecule has 0 bridgehead atoms. The zero-order valence-electron chi connectivity index (χ0n) is 6.95. The van der Waals surface area contributed by atoms with Crippen LogP contribution in [0.4, 0.5) is 0 Å². The number of primary amides is 1. The summed E-state index contributed by atoms with van der Waals surface area (Å²) in [7, 11) is 0. The lowest BCUT2D eigenvalue weighted by Crippen LogP contribution is -2.32. The van der Waals surface area contributed by atoms with Crippen molar-refractivity contribution >= 4 is 5.91 Å². The molecule has 0 aliphatic heterocycles. The van der Waals surface area contributed by atoms with Gasteiger partial charge in [-0.25, -0.2) is 0 Å². The van der Waals surface area contributed by atoms with Crippen molar-refractivity contribution in [1.82, 2.24) is 5.48 Å². The van der Waals surface area contributed by atoms with E-state index in [1.54, 1.807) is 0 Å². The van der Waals surface area contributed by atoms with Gasteiger partial charge in [-0.3, -0.25) is 9.63 Å². The van der Waals surface area contributed by atoms with Crippen LogP contribution in [0, 0.1) is 0 Å². The van der Waals surface area contributed by atoms with Crippen molar-refractivity contribution in [3.8, 4) is 0 Å². The fourth-order valence-electron chi connectivity index (χ4n) is 1.13. The topological polar surface area (TPSA) is 64.4 Å². The van der Waals surface area contributed by atoms with Crippen molar-refractivity contribution in [2.24, 2.45) is 5.73 Å². The first-order chi connectivity index (χ1) is 5.79. The van der Waals surface area contributed by atoms with E-state index in [0.29, 0.717) is 0 Å². The molecule has 0 aromatic rings. The number of carbonyl (C=O) groups is 1. The van der Waals surface area contributed by atoms with Crippen LogP contribution in [0.25, 0.3) is 0 Å². The second-order valence-electron chi connectivity index (χ2n) is 2.84. The molecule has 0 heterocycles. The summed E-state index contributed by atoms with van der Waals surface area (Å²) in [5.41, 5.74) is 7.65. The van der Waals surface area contributed by atoms with Crippen molar-refractivity contribution in [2.45, 2.75) is 25.3 Å². The molecule has 3 N–H and O–H groups in total. The fraction of sp³-hybridized carbons (Fsp3) is 0.625. The first kappa shape index (κ1) is 9.22. The van der Waals surface area contributed by atoms with Gasteiger partial charge in [0.25, 0.3) is 0 Å². The lowest BCUT2D eigenvalue weighted by Gasteiger charge is -2.16. The SMILES string of the molecule is NC(=O)CONC1C=CCCC1. The van der Waals surface area contributed by atoms with E-state index in [1.165, 1.54) is 0 Å². The summed E-state index contributed by atoms with van der Waals surface area (Å²) in [6, 6.07) is 0.234. The molecule has 0 aromatic carbocycles. The normalized spacial score (nSPS) is 22.5. The van der Waals surface area contributed by atoms with Crippen molar-refractivity contribution in [2.75, 3.05) is 6.61 Å². The maximum absolute atomic E-state index is 10.3. The molecular weight excluding hydrogens is 156 g/mol. The molecule has 68 valence electrons. The quantitative estimate of drug-likeness (QED) is 0.464. The highest BCUT2D eigenvalue weighted by Gasteiger charge is 2.07. The second-order valence-corrected chi connectivity index (χ2v) is 2.84. The number of allylic oxidation sites excluding steroid dienone is 1. The molecule has 0 radical (unpaired) electrons. The number of amides is 1. The third kappa shape index (κ3) is 3.50. The highest BCUT2D eigenvalue weighted by atomic mass is 16.6. The molecular formula is C8H14N2O2. The number of hydrogen-bond acceptors (Lipinski definition) is 3. The van der Waals surface area contributed by atoms with Crippen LogP contribution in [-0.4, -0.2) is 18.6 Å². The zero-order valence-corrected chi connectivity index (χ0v) is 6.95. The van der Waals surface area contributed by atoms with E-state index in [1.807, 2.05) is 6.08 Å². The summed E-state index contributed by atoms with van der Waals surface area (Å²) in [6.07, 6.45) is 7.50. The Morgan fingerprint density at radius 2 is 2.58 bits per heavy atom. The lowest BCUT2D eigenvalue weighted by atomic mass is 10.0. The Bertz CT molecular complexity index is 180. The van der Waals surface area contributed by atoms with Crippen LogP contribution in [0.2, 0.25) is 0 Å². The summed E-state index contributed by atoms with van der Waals surface area (Å²) in [5, 5.41) is 0. The van der Waals surface area contributed by atoms with Crippen molar-refractivity contribution in [1.29, 1.82) is 0 Å². The Morgan fingerprint density at radius 1 is 1.75 bits per heavy atom. The average Bonchev–Trinajstić information content (AvgIpc) is 2.05. The maximum atomic E-state index is 10.3. The number of carbonyl (C=O) groups excluding carboxylic acids is 1. The first-order valence-electron chi connectivity index (χ1n) is 4.11. The number of rotatable bonds is 4. The van der Waals surface area contributed by atoms with Crippen LogP contribution in [0.5, 0.6) is 0 Å². The maximum Gasteiger partial charge on any atom is 0.245 e. The van der Waals surface area contributed by atoms with E-state index in [9.17, 15) is 4.79 Å². The summed E-state index contributed by atoms with van der Waals surface area (Å²) < 4.78 is 0. The van der Waals surface area contributed by atoms with E-state index >= 15 is 0 Å². The number of hydrogen-bond donors (Lipinski definition) is 2.